The summed E-state index contributed by atoms with van der Waals surface area (Å²) in [6, 6.07) is 17.7. The Hall–Kier alpha value is -2.88. The average molecular weight is 392 g/mol. The minimum Gasteiger partial charge on any atom is -0.462 e. The largest absolute Gasteiger partial charge is 0.462 e. The summed E-state index contributed by atoms with van der Waals surface area (Å²) in [6.45, 7) is 7.67. The van der Waals surface area contributed by atoms with Crippen molar-refractivity contribution in [3.05, 3.63) is 60.2 Å². The van der Waals surface area contributed by atoms with E-state index in [1.807, 2.05) is 76.2 Å². The van der Waals surface area contributed by atoms with Gasteiger partial charge < -0.3 is 9.47 Å². The second kappa shape index (κ2) is 8.64. The third-order valence-electron chi connectivity index (χ3n) is 5.30. The first-order chi connectivity index (χ1) is 13.8. The molecule has 0 amide bonds. The number of esters is 2. The maximum absolute atomic E-state index is 13.0. The molecule has 0 radical (unpaired) electrons. The van der Waals surface area contributed by atoms with Gasteiger partial charge >= 0.3 is 11.9 Å². The highest BCUT2D eigenvalue weighted by molar-refractivity contribution is 6.16. The van der Waals surface area contributed by atoms with E-state index in [1.165, 1.54) is 0 Å². The maximum Gasteiger partial charge on any atom is 0.339 e. The molecule has 29 heavy (non-hydrogen) atoms. The van der Waals surface area contributed by atoms with Gasteiger partial charge in [0.2, 0.25) is 0 Å². The molecule has 0 bridgehead atoms. The van der Waals surface area contributed by atoms with Gasteiger partial charge in [0.1, 0.15) is 5.60 Å². The van der Waals surface area contributed by atoms with E-state index in [-0.39, 0.29) is 24.5 Å². The first-order valence-corrected chi connectivity index (χ1v) is 10.1. The lowest BCUT2D eigenvalue weighted by atomic mass is 9.97. The summed E-state index contributed by atoms with van der Waals surface area (Å²) in [7, 11) is 0. The van der Waals surface area contributed by atoms with E-state index in [0.29, 0.717) is 12.0 Å². The number of rotatable bonds is 7. The topological polar surface area (TPSA) is 52.6 Å². The van der Waals surface area contributed by atoms with Gasteiger partial charge in [-0.2, -0.15) is 0 Å². The van der Waals surface area contributed by atoms with Crippen LogP contribution in [0.5, 0.6) is 0 Å². The lowest BCUT2D eigenvalue weighted by molar-refractivity contribution is -0.162. The van der Waals surface area contributed by atoms with E-state index in [1.54, 1.807) is 0 Å². The van der Waals surface area contributed by atoms with Gasteiger partial charge in [-0.3, -0.25) is 4.79 Å². The van der Waals surface area contributed by atoms with Crippen molar-refractivity contribution in [1.29, 1.82) is 0 Å². The van der Waals surface area contributed by atoms with Gasteiger partial charge in [0, 0.05) is 6.42 Å². The van der Waals surface area contributed by atoms with Crippen LogP contribution in [0.3, 0.4) is 0 Å². The van der Waals surface area contributed by atoms with Crippen LogP contribution < -0.4 is 0 Å². The fraction of sp³-hybridized carbons (Fsp3) is 0.360. The van der Waals surface area contributed by atoms with E-state index in [4.69, 9.17) is 9.47 Å². The number of carbonyl (C=O) groups excluding carboxylic acids is 2. The van der Waals surface area contributed by atoms with Gasteiger partial charge in [0.15, 0.2) is 0 Å². The molecule has 4 nitrogen and oxygen atoms in total. The molecule has 0 spiro atoms. The Morgan fingerprint density at radius 1 is 0.966 bits per heavy atom. The Bertz CT molecular complexity index is 981. The molecule has 0 aromatic heterocycles. The molecular formula is C25H28O4. The monoisotopic (exact) mass is 392 g/mol. The SMILES string of the molecule is CCC(C)C(=O)OC(C)(C)CCOC(=O)c1c2ccccc2cc2ccccc12. The van der Waals surface area contributed by atoms with Crippen LogP contribution >= 0.6 is 0 Å². The fourth-order valence-corrected chi connectivity index (χ4v) is 3.29. The summed E-state index contributed by atoms with van der Waals surface area (Å²) in [6.07, 6.45) is 1.17. The van der Waals surface area contributed by atoms with Gasteiger partial charge in [-0.15, -0.1) is 0 Å². The van der Waals surface area contributed by atoms with Gasteiger partial charge in [0.05, 0.1) is 18.1 Å². The third-order valence-corrected chi connectivity index (χ3v) is 5.30. The van der Waals surface area contributed by atoms with Crippen molar-refractivity contribution in [2.24, 2.45) is 5.92 Å². The molecule has 1 atom stereocenters. The summed E-state index contributed by atoms with van der Waals surface area (Å²) in [5, 5.41) is 3.75. The van der Waals surface area contributed by atoms with Crippen molar-refractivity contribution >= 4 is 33.5 Å². The van der Waals surface area contributed by atoms with E-state index < -0.39 is 5.60 Å². The summed E-state index contributed by atoms with van der Waals surface area (Å²) in [4.78, 5) is 25.1. The van der Waals surface area contributed by atoms with E-state index in [0.717, 1.165) is 28.0 Å². The molecule has 0 aliphatic heterocycles. The molecule has 0 saturated carbocycles. The smallest absolute Gasteiger partial charge is 0.339 e. The number of ether oxygens (including phenoxy) is 2. The van der Waals surface area contributed by atoms with Crippen molar-refractivity contribution in [2.45, 2.75) is 46.1 Å². The van der Waals surface area contributed by atoms with E-state index in [9.17, 15) is 9.59 Å². The Morgan fingerprint density at radius 2 is 1.52 bits per heavy atom. The van der Waals surface area contributed by atoms with E-state index in [2.05, 4.69) is 6.07 Å². The summed E-state index contributed by atoms with van der Waals surface area (Å²) < 4.78 is 11.2. The van der Waals surface area contributed by atoms with Crippen molar-refractivity contribution in [2.75, 3.05) is 6.61 Å². The molecule has 4 heteroatoms. The van der Waals surface area contributed by atoms with Crippen LogP contribution in [-0.2, 0) is 14.3 Å². The average Bonchev–Trinajstić information content (AvgIpc) is 2.70. The van der Waals surface area contributed by atoms with E-state index >= 15 is 0 Å². The Labute approximate surface area is 171 Å². The van der Waals surface area contributed by atoms with Crippen LogP contribution in [0.2, 0.25) is 0 Å². The van der Waals surface area contributed by atoms with Gasteiger partial charge in [-0.05, 0) is 47.9 Å². The number of hydrogen-bond acceptors (Lipinski definition) is 4. The number of benzene rings is 3. The van der Waals surface area contributed by atoms with Crippen molar-refractivity contribution in [3.8, 4) is 0 Å². The van der Waals surface area contributed by atoms with Crippen LogP contribution in [0.4, 0.5) is 0 Å². The molecule has 0 saturated heterocycles. The molecule has 0 aliphatic carbocycles. The Kier molecular flexibility index (Phi) is 6.21. The molecule has 0 aliphatic rings. The molecule has 3 rings (SSSR count). The highest BCUT2D eigenvalue weighted by Gasteiger charge is 2.26. The highest BCUT2D eigenvalue weighted by Crippen LogP contribution is 2.29. The van der Waals surface area contributed by atoms with Crippen LogP contribution in [0.15, 0.2) is 54.6 Å². The molecule has 0 heterocycles. The van der Waals surface area contributed by atoms with Gasteiger partial charge in [0.25, 0.3) is 0 Å². The van der Waals surface area contributed by atoms with Crippen LogP contribution in [-0.4, -0.2) is 24.1 Å². The van der Waals surface area contributed by atoms with Gasteiger partial charge in [-0.25, -0.2) is 4.79 Å². The second-order valence-corrected chi connectivity index (χ2v) is 8.07. The molecule has 0 N–H and O–H groups in total. The lowest BCUT2D eigenvalue weighted by Crippen LogP contribution is -2.32. The zero-order valence-electron chi connectivity index (χ0n) is 17.5. The summed E-state index contributed by atoms with van der Waals surface area (Å²) in [5.74, 6) is -0.718. The first-order valence-electron chi connectivity index (χ1n) is 10.1. The van der Waals surface area contributed by atoms with Crippen LogP contribution in [0.25, 0.3) is 21.5 Å². The molecule has 1 unspecified atom stereocenters. The Morgan fingerprint density at radius 3 is 2.07 bits per heavy atom. The summed E-state index contributed by atoms with van der Waals surface area (Å²) >= 11 is 0. The molecule has 0 fully saturated rings. The second-order valence-electron chi connectivity index (χ2n) is 8.07. The minimum atomic E-state index is -0.693. The van der Waals surface area contributed by atoms with Crippen molar-refractivity contribution in [1.82, 2.24) is 0 Å². The Balaban J connectivity index is 1.77. The number of carbonyl (C=O) groups is 2. The third kappa shape index (κ3) is 4.76. The normalized spacial score (nSPS) is 12.7. The quantitative estimate of drug-likeness (QED) is 0.371. The number of fused-ring (bicyclic) bond motifs is 2. The zero-order chi connectivity index (χ0) is 21.0. The zero-order valence-corrected chi connectivity index (χ0v) is 17.5. The van der Waals surface area contributed by atoms with Crippen LogP contribution in [0, 0.1) is 5.92 Å². The maximum atomic E-state index is 13.0. The van der Waals surface area contributed by atoms with Crippen LogP contribution in [0.1, 0.15) is 50.9 Å². The van der Waals surface area contributed by atoms with Crippen molar-refractivity contribution < 1.29 is 19.1 Å². The molecular weight excluding hydrogens is 364 g/mol. The standard InChI is InChI=1S/C25H28O4/c1-5-17(2)23(26)29-25(3,4)14-15-28-24(27)22-20-12-8-6-10-18(20)16-19-11-7-9-13-21(19)22/h6-13,16-17H,5,14-15H2,1-4H3. The molecule has 3 aromatic rings. The molecule has 3 aromatic carbocycles. The number of hydrogen-bond donors (Lipinski definition) is 0. The highest BCUT2D eigenvalue weighted by atomic mass is 16.6. The minimum absolute atomic E-state index is 0.140. The van der Waals surface area contributed by atoms with Crippen molar-refractivity contribution in [3.63, 3.8) is 0 Å². The lowest BCUT2D eigenvalue weighted by Gasteiger charge is -2.26. The predicted molar refractivity (Wildman–Crippen MR) is 116 cm³/mol. The molecule has 152 valence electrons. The summed E-state index contributed by atoms with van der Waals surface area (Å²) in [5.41, 5.74) is -0.116. The first kappa shape index (κ1) is 20.8. The fourth-order valence-electron chi connectivity index (χ4n) is 3.29. The van der Waals surface area contributed by atoms with Gasteiger partial charge in [-0.1, -0.05) is 62.4 Å². The predicted octanol–water partition coefficient (Wildman–Crippen LogP) is 5.91.